The third-order valence-corrected chi connectivity index (χ3v) is 8.40. The summed E-state index contributed by atoms with van der Waals surface area (Å²) in [5.41, 5.74) is 2.27. The maximum atomic E-state index is 13.4. The van der Waals surface area contributed by atoms with Gasteiger partial charge >= 0.3 is 5.97 Å². The summed E-state index contributed by atoms with van der Waals surface area (Å²) in [4.78, 5) is 38.3. The van der Waals surface area contributed by atoms with Crippen LogP contribution in [0.2, 0.25) is 0 Å². The van der Waals surface area contributed by atoms with Gasteiger partial charge in [-0.3, -0.25) is 14.4 Å². The lowest BCUT2D eigenvalue weighted by Gasteiger charge is -2.60. The largest absolute Gasteiger partial charge is 0.457 e. The van der Waals surface area contributed by atoms with Crippen LogP contribution >= 0.6 is 0 Å². The summed E-state index contributed by atoms with van der Waals surface area (Å²) in [6.45, 7) is 5.58. The van der Waals surface area contributed by atoms with Crippen LogP contribution in [0.5, 0.6) is 0 Å². The third-order valence-electron chi connectivity index (χ3n) is 8.40. The summed E-state index contributed by atoms with van der Waals surface area (Å²) in [5, 5.41) is 3.16. The molecule has 4 saturated carbocycles. The van der Waals surface area contributed by atoms with Crippen LogP contribution in [-0.4, -0.2) is 34.4 Å². The highest BCUT2D eigenvalue weighted by molar-refractivity contribution is 5.99. The molecule has 2 atom stereocenters. The van der Waals surface area contributed by atoms with E-state index in [-0.39, 0.29) is 35.6 Å². The molecule has 2 aromatic rings. The zero-order valence-electron chi connectivity index (χ0n) is 20.7. The van der Waals surface area contributed by atoms with E-state index < -0.39 is 5.41 Å². The van der Waals surface area contributed by atoms with E-state index in [0.717, 1.165) is 49.1 Å². The molecule has 4 fully saturated rings. The first-order chi connectivity index (χ1) is 16.6. The highest BCUT2D eigenvalue weighted by atomic mass is 19.1. The van der Waals surface area contributed by atoms with Crippen LogP contribution in [0.1, 0.15) is 72.8 Å². The molecule has 35 heavy (non-hydrogen) atoms. The molecule has 1 amide bonds. The van der Waals surface area contributed by atoms with Crippen LogP contribution < -0.4 is 5.32 Å². The maximum Gasteiger partial charge on any atom is 0.312 e. The first-order valence-corrected chi connectivity index (χ1v) is 12.5. The van der Waals surface area contributed by atoms with Crippen molar-refractivity contribution in [3.05, 3.63) is 58.7 Å². The summed E-state index contributed by atoms with van der Waals surface area (Å²) in [6.07, 6.45) is 5.13. The summed E-state index contributed by atoms with van der Waals surface area (Å²) in [6, 6.07) is 8.14. The summed E-state index contributed by atoms with van der Waals surface area (Å²) in [5.74, 6) is -0.0302. The number of esters is 1. The average Bonchev–Trinajstić information content (AvgIpc) is 3.05. The molecule has 4 bridgehead atoms. The number of hydrogen-bond donors (Lipinski definition) is 1. The topological polar surface area (TPSA) is 77.4 Å². The number of carbonyl (C=O) groups excluding carboxylic acids is 3. The fraction of sp³-hybridized carbons (Fsp3) is 0.536. The number of hydrogen-bond acceptors (Lipinski definition) is 4. The molecule has 7 heteroatoms. The highest BCUT2D eigenvalue weighted by Crippen LogP contribution is 2.62. The molecule has 6 rings (SSSR count). The van der Waals surface area contributed by atoms with Crippen molar-refractivity contribution in [2.75, 3.05) is 6.61 Å². The van der Waals surface area contributed by atoms with Gasteiger partial charge in [0, 0.05) is 36.0 Å². The minimum Gasteiger partial charge on any atom is -0.457 e. The Hall–Kier alpha value is -2.96. The van der Waals surface area contributed by atoms with Crippen LogP contribution in [0.3, 0.4) is 0 Å². The van der Waals surface area contributed by atoms with Gasteiger partial charge in [-0.2, -0.15) is 0 Å². The predicted octanol–water partition coefficient (Wildman–Crippen LogP) is 4.49. The number of carbonyl (C=O) groups is 3. The van der Waals surface area contributed by atoms with Gasteiger partial charge in [-0.1, -0.05) is 12.1 Å². The Balaban J connectivity index is 1.27. The van der Waals surface area contributed by atoms with Gasteiger partial charge in [0.05, 0.1) is 5.41 Å². The number of aryl methyl sites for hydroxylation is 1. The predicted molar refractivity (Wildman–Crippen MR) is 128 cm³/mol. The second-order valence-corrected chi connectivity index (χ2v) is 11.2. The molecule has 2 unspecified atom stereocenters. The second kappa shape index (κ2) is 8.61. The van der Waals surface area contributed by atoms with Crippen LogP contribution in [0.4, 0.5) is 4.39 Å². The molecule has 6 nitrogen and oxygen atoms in total. The second-order valence-electron chi connectivity index (χ2n) is 11.2. The quantitative estimate of drug-likeness (QED) is 0.468. The molecule has 0 saturated heterocycles. The van der Waals surface area contributed by atoms with Crippen LogP contribution in [-0.2, 0) is 20.9 Å². The van der Waals surface area contributed by atoms with E-state index in [4.69, 9.17) is 4.74 Å². The molecule has 186 valence electrons. The van der Waals surface area contributed by atoms with Crippen molar-refractivity contribution < 1.29 is 23.5 Å². The number of aromatic nitrogens is 1. The van der Waals surface area contributed by atoms with Gasteiger partial charge in [0.1, 0.15) is 5.82 Å². The van der Waals surface area contributed by atoms with Gasteiger partial charge in [0.15, 0.2) is 6.61 Å². The number of ether oxygens (including phenoxy) is 1. The van der Waals surface area contributed by atoms with Crippen LogP contribution in [0.15, 0.2) is 30.3 Å². The SMILES string of the molecule is CC(=O)NC12CC3CC(C1)CC(C(=O)OCC(=O)c1cc(C)n(Cc4ccc(F)cc4)c1C)(C3)C2. The minimum atomic E-state index is -0.605. The number of ketones is 1. The molecule has 1 N–H and O–H groups in total. The first-order valence-electron chi connectivity index (χ1n) is 12.5. The lowest BCUT2D eigenvalue weighted by atomic mass is 9.47. The Morgan fingerprint density at radius 3 is 2.37 bits per heavy atom. The first kappa shape index (κ1) is 23.8. The zero-order valence-corrected chi connectivity index (χ0v) is 20.7. The number of nitrogens with zero attached hydrogens (tertiary/aromatic N) is 1. The molecule has 1 aromatic heterocycles. The molecule has 0 radical (unpaired) electrons. The van der Waals surface area contributed by atoms with E-state index in [0.29, 0.717) is 30.4 Å². The Morgan fingerprint density at radius 1 is 1.09 bits per heavy atom. The summed E-state index contributed by atoms with van der Waals surface area (Å²) in [7, 11) is 0. The number of amides is 1. The molecule has 0 spiro atoms. The molecule has 0 aliphatic heterocycles. The van der Waals surface area contributed by atoms with Gasteiger partial charge in [0.25, 0.3) is 0 Å². The van der Waals surface area contributed by atoms with E-state index in [1.807, 2.05) is 24.5 Å². The Kier molecular flexibility index (Phi) is 5.85. The Morgan fingerprint density at radius 2 is 1.74 bits per heavy atom. The molecular formula is C28H33FN2O4. The van der Waals surface area contributed by atoms with Crippen molar-refractivity contribution in [2.45, 2.75) is 71.4 Å². The summed E-state index contributed by atoms with van der Waals surface area (Å²) < 4.78 is 20.9. The molecule has 1 aromatic carbocycles. The Labute approximate surface area is 205 Å². The monoisotopic (exact) mass is 480 g/mol. The fourth-order valence-electron chi connectivity index (χ4n) is 7.48. The van der Waals surface area contributed by atoms with Crippen molar-refractivity contribution in [3.8, 4) is 0 Å². The number of Topliss-reactive ketones (excluding diaryl/α,β-unsaturated/α-hetero) is 1. The van der Waals surface area contributed by atoms with Crippen molar-refractivity contribution in [1.82, 2.24) is 9.88 Å². The third kappa shape index (κ3) is 4.41. The van der Waals surface area contributed by atoms with Crippen molar-refractivity contribution >= 4 is 17.7 Å². The van der Waals surface area contributed by atoms with Crippen molar-refractivity contribution in [2.24, 2.45) is 17.3 Å². The fourth-order valence-corrected chi connectivity index (χ4v) is 7.48. The molecule has 4 aliphatic rings. The van der Waals surface area contributed by atoms with Gasteiger partial charge in [-0.05, 0) is 88.0 Å². The smallest absolute Gasteiger partial charge is 0.312 e. The maximum absolute atomic E-state index is 13.4. The molecule has 4 aliphatic carbocycles. The van der Waals surface area contributed by atoms with E-state index in [1.165, 1.54) is 19.1 Å². The van der Waals surface area contributed by atoms with Crippen LogP contribution in [0.25, 0.3) is 0 Å². The Bertz CT molecular complexity index is 1170. The van der Waals surface area contributed by atoms with Gasteiger partial charge in [0.2, 0.25) is 11.7 Å². The standard InChI is InChI=1S/C28H33FN2O4/c1-17-8-24(18(2)31(17)14-20-4-6-23(29)7-5-20)25(33)15-35-26(34)27-10-21-9-22(11-27)13-28(12-21,16-27)30-19(3)32/h4-8,21-22H,9-16H2,1-3H3,(H,30,32). The number of rotatable bonds is 7. The molecule has 1 heterocycles. The number of halogens is 1. The van der Waals surface area contributed by atoms with E-state index in [9.17, 15) is 18.8 Å². The lowest BCUT2D eigenvalue weighted by Crippen LogP contribution is -2.64. The van der Waals surface area contributed by atoms with E-state index in [2.05, 4.69) is 5.32 Å². The van der Waals surface area contributed by atoms with Gasteiger partial charge in [-0.25, -0.2) is 4.39 Å². The van der Waals surface area contributed by atoms with E-state index in [1.54, 1.807) is 12.1 Å². The minimum absolute atomic E-state index is 0.0540. The van der Waals surface area contributed by atoms with Crippen molar-refractivity contribution in [1.29, 1.82) is 0 Å². The van der Waals surface area contributed by atoms with Crippen LogP contribution in [0, 0.1) is 36.9 Å². The number of benzene rings is 1. The average molecular weight is 481 g/mol. The lowest BCUT2D eigenvalue weighted by molar-refractivity contribution is -0.174. The summed E-state index contributed by atoms with van der Waals surface area (Å²) >= 11 is 0. The van der Waals surface area contributed by atoms with E-state index >= 15 is 0 Å². The molecular weight excluding hydrogens is 447 g/mol. The van der Waals surface area contributed by atoms with Crippen molar-refractivity contribution in [3.63, 3.8) is 0 Å². The van der Waals surface area contributed by atoms with Gasteiger partial charge in [-0.15, -0.1) is 0 Å². The number of nitrogens with one attached hydrogen (secondary N) is 1. The normalized spacial score (nSPS) is 28.7. The highest BCUT2D eigenvalue weighted by Gasteiger charge is 2.61. The van der Waals surface area contributed by atoms with Gasteiger partial charge < -0.3 is 14.6 Å². The zero-order chi connectivity index (χ0) is 25.0.